The van der Waals surface area contributed by atoms with Gasteiger partial charge in [-0.15, -0.1) is 0 Å². The van der Waals surface area contributed by atoms with Crippen LogP contribution in [-0.2, 0) is 4.74 Å². The van der Waals surface area contributed by atoms with Crippen LogP contribution in [0.15, 0.2) is 24.3 Å². The molecule has 0 saturated heterocycles. The first kappa shape index (κ1) is 17.5. The Kier molecular flexibility index (Phi) is 6.06. The van der Waals surface area contributed by atoms with Gasteiger partial charge in [-0.25, -0.2) is 0 Å². The van der Waals surface area contributed by atoms with E-state index in [1.165, 1.54) is 25.7 Å². The minimum atomic E-state index is -0.183. The number of allylic oxidation sites excluding steroid dienone is 2. The summed E-state index contributed by atoms with van der Waals surface area (Å²) in [6.07, 6.45) is 10.7. The highest BCUT2D eigenvalue weighted by Crippen LogP contribution is 2.39. The van der Waals surface area contributed by atoms with E-state index in [0.717, 1.165) is 17.9 Å². The molecule has 0 aromatic carbocycles. The Morgan fingerprint density at radius 2 is 1.65 bits per heavy atom. The van der Waals surface area contributed by atoms with Crippen LogP contribution in [0, 0.1) is 11.3 Å². The maximum absolute atomic E-state index is 6.31. The molecule has 0 atom stereocenters. The molecular formula is C19H34O. The molecule has 1 aliphatic rings. The van der Waals surface area contributed by atoms with Gasteiger partial charge in [0.15, 0.2) is 0 Å². The monoisotopic (exact) mass is 278 g/mol. The van der Waals surface area contributed by atoms with Gasteiger partial charge in [0.25, 0.3) is 0 Å². The number of hydrogen-bond acceptors (Lipinski definition) is 1. The summed E-state index contributed by atoms with van der Waals surface area (Å²) in [6.45, 7) is 17.5. The van der Waals surface area contributed by atoms with Crippen molar-refractivity contribution in [3.05, 3.63) is 24.3 Å². The average Bonchev–Trinajstić information content (AvgIpc) is 2.35. The van der Waals surface area contributed by atoms with Crippen LogP contribution in [0.3, 0.4) is 0 Å². The van der Waals surface area contributed by atoms with Crippen LogP contribution >= 0.6 is 0 Å². The van der Waals surface area contributed by atoms with Crippen molar-refractivity contribution in [3.63, 3.8) is 0 Å². The molecule has 1 aliphatic carbocycles. The van der Waals surface area contributed by atoms with Gasteiger partial charge in [-0.1, -0.05) is 52.0 Å². The molecule has 0 aliphatic heterocycles. The van der Waals surface area contributed by atoms with Crippen LogP contribution < -0.4 is 0 Å². The summed E-state index contributed by atoms with van der Waals surface area (Å²) in [7, 11) is 0. The largest absolute Gasteiger partial charge is 0.368 e. The van der Waals surface area contributed by atoms with Crippen molar-refractivity contribution in [3.8, 4) is 0 Å². The summed E-state index contributed by atoms with van der Waals surface area (Å²) in [5, 5.41) is 0. The highest BCUT2D eigenvalue weighted by molar-refractivity contribution is 5.17. The maximum Gasteiger partial charge on any atom is 0.0813 e. The minimum Gasteiger partial charge on any atom is -0.368 e. The van der Waals surface area contributed by atoms with Crippen molar-refractivity contribution in [2.24, 2.45) is 11.3 Å². The molecule has 1 rings (SSSR count). The molecule has 0 bridgehead atoms. The lowest BCUT2D eigenvalue weighted by molar-refractivity contribution is -0.0681. The molecule has 0 N–H and O–H groups in total. The van der Waals surface area contributed by atoms with Crippen LogP contribution in [0.25, 0.3) is 0 Å². The second kappa shape index (κ2) is 6.93. The van der Waals surface area contributed by atoms with E-state index in [4.69, 9.17) is 4.74 Å². The molecule has 116 valence electrons. The lowest BCUT2D eigenvalue weighted by Crippen LogP contribution is -2.34. The first-order valence-electron chi connectivity index (χ1n) is 8.19. The van der Waals surface area contributed by atoms with Gasteiger partial charge in [0.2, 0.25) is 0 Å². The molecular weight excluding hydrogens is 244 g/mol. The van der Waals surface area contributed by atoms with Crippen molar-refractivity contribution in [2.75, 3.05) is 0 Å². The Bertz CT molecular complexity index is 335. The molecule has 0 spiro atoms. The molecule has 20 heavy (non-hydrogen) atoms. The molecule has 1 nitrogen and oxygen atoms in total. The molecule has 0 aromatic heterocycles. The molecule has 1 fully saturated rings. The highest BCUT2D eigenvalue weighted by atomic mass is 16.5. The molecule has 0 unspecified atom stereocenters. The zero-order valence-electron chi connectivity index (χ0n) is 14.5. The maximum atomic E-state index is 6.31. The number of ether oxygens (including phenoxy) is 1. The summed E-state index contributed by atoms with van der Waals surface area (Å²) in [5.41, 5.74) is 1.43. The van der Waals surface area contributed by atoms with Crippen LogP contribution in [0.5, 0.6) is 0 Å². The van der Waals surface area contributed by atoms with Gasteiger partial charge in [-0.05, 0) is 57.3 Å². The minimum absolute atomic E-state index is 0.183. The summed E-state index contributed by atoms with van der Waals surface area (Å²) >= 11 is 0. The van der Waals surface area contributed by atoms with Gasteiger partial charge in [0, 0.05) is 0 Å². The fourth-order valence-electron chi connectivity index (χ4n) is 2.95. The van der Waals surface area contributed by atoms with E-state index in [1.807, 2.05) is 0 Å². The Morgan fingerprint density at radius 1 is 1.10 bits per heavy atom. The van der Waals surface area contributed by atoms with Crippen LogP contribution in [-0.4, -0.2) is 11.7 Å². The Balaban J connectivity index is 2.46. The van der Waals surface area contributed by atoms with Gasteiger partial charge >= 0.3 is 0 Å². The predicted octanol–water partition coefficient (Wildman–Crippen LogP) is 5.91. The third-order valence-electron chi connectivity index (χ3n) is 4.54. The lowest BCUT2D eigenvalue weighted by Gasteiger charge is -2.39. The van der Waals surface area contributed by atoms with Crippen molar-refractivity contribution in [1.29, 1.82) is 0 Å². The van der Waals surface area contributed by atoms with E-state index >= 15 is 0 Å². The van der Waals surface area contributed by atoms with Crippen LogP contribution in [0.2, 0.25) is 0 Å². The van der Waals surface area contributed by atoms with Crippen molar-refractivity contribution in [2.45, 2.75) is 85.4 Å². The predicted molar refractivity (Wildman–Crippen MR) is 88.9 cm³/mol. The summed E-state index contributed by atoms with van der Waals surface area (Å²) in [4.78, 5) is 0. The molecule has 0 heterocycles. The Morgan fingerprint density at radius 3 is 2.10 bits per heavy atom. The molecule has 0 amide bonds. The van der Waals surface area contributed by atoms with E-state index in [1.54, 1.807) is 0 Å². The van der Waals surface area contributed by atoms with Crippen molar-refractivity contribution >= 4 is 0 Å². The van der Waals surface area contributed by atoms with E-state index in [-0.39, 0.29) is 5.60 Å². The van der Waals surface area contributed by atoms with E-state index in [2.05, 4.69) is 60.3 Å². The van der Waals surface area contributed by atoms with Gasteiger partial charge in [0.1, 0.15) is 0 Å². The van der Waals surface area contributed by atoms with Crippen LogP contribution in [0.1, 0.15) is 73.6 Å². The third kappa shape index (κ3) is 5.83. The SMILES string of the molecule is C=C(/C=C\C(C)(C)OC1CCC(C(C)(C)C)CC1)CC. The van der Waals surface area contributed by atoms with Gasteiger partial charge in [-0.3, -0.25) is 0 Å². The van der Waals surface area contributed by atoms with Crippen molar-refractivity contribution in [1.82, 2.24) is 0 Å². The average molecular weight is 278 g/mol. The van der Waals surface area contributed by atoms with Crippen LogP contribution in [0.4, 0.5) is 0 Å². The highest BCUT2D eigenvalue weighted by Gasteiger charge is 2.31. The fraction of sp³-hybridized carbons (Fsp3) is 0.789. The summed E-state index contributed by atoms with van der Waals surface area (Å²) in [5.74, 6) is 0.848. The third-order valence-corrected chi connectivity index (χ3v) is 4.54. The Labute approximate surface area is 126 Å². The van der Waals surface area contributed by atoms with Gasteiger partial charge < -0.3 is 4.74 Å². The topological polar surface area (TPSA) is 9.23 Å². The lowest BCUT2D eigenvalue weighted by atomic mass is 9.72. The quantitative estimate of drug-likeness (QED) is 0.568. The van der Waals surface area contributed by atoms with Gasteiger partial charge in [-0.2, -0.15) is 0 Å². The first-order valence-corrected chi connectivity index (χ1v) is 8.19. The summed E-state index contributed by atoms with van der Waals surface area (Å²) < 4.78 is 6.31. The zero-order chi connectivity index (χ0) is 15.4. The zero-order valence-corrected chi connectivity index (χ0v) is 14.5. The smallest absolute Gasteiger partial charge is 0.0813 e. The number of hydrogen-bond donors (Lipinski definition) is 0. The molecule has 0 aromatic rings. The summed E-state index contributed by atoms with van der Waals surface area (Å²) in [6, 6.07) is 0. The normalized spacial score (nSPS) is 25.1. The first-order chi connectivity index (χ1) is 9.14. The standard InChI is InChI=1S/C19H34O/c1-8-15(2)13-14-19(6,7)20-17-11-9-16(10-12-17)18(3,4)5/h13-14,16-17H,2,8-12H2,1,3-7H3/b14-13-. The molecule has 1 saturated carbocycles. The van der Waals surface area contributed by atoms with E-state index < -0.39 is 0 Å². The number of rotatable bonds is 5. The molecule has 0 radical (unpaired) electrons. The fourth-order valence-corrected chi connectivity index (χ4v) is 2.95. The van der Waals surface area contributed by atoms with E-state index in [0.29, 0.717) is 11.5 Å². The van der Waals surface area contributed by atoms with Crippen molar-refractivity contribution < 1.29 is 4.74 Å². The second-order valence-corrected chi connectivity index (χ2v) is 7.91. The van der Waals surface area contributed by atoms with Gasteiger partial charge in [0.05, 0.1) is 11.7 Å². The van der Waals surface area contributed by atoms with E-state index in [9.17, 15) is 0 Å². The second-order valence-electron chi connectivity index (χ2n) is 7.91. The molecule has 1 heteroatoms. The Hall–Kier alpha value is -0.560.